The summed E-state index contributed by atoms with van der Waals surface area (Å²) in [5.74, 6) is 1.38. The van der Waals surface area contributed by atoms with Gasteiger partial charge in [0, 0.05) is 115 Å². The van der Waals surface area contributed by atoms with Gasteiger partial charge in [-0.15, -0.1) is 0 Å². The van der Waals surface area contributed by atoms with E-state index in [-0.39, 0.29) is 12.1 Å². The lowest BCUT2D eigenvalue weighted by molar-refractivity contribution is -0.128. The van der Waals surface area contributed by atoms with Crippen molar-refractivity contribution in [3.63, 3.8) is 0 Å². The van der Waals surface area contributed by atoms with Crippen LogP contribution < -0.4 is 30.2 Å². The van der Waals surface area contributed by atoms with Gasteiger partial charge in [0.15, 0.2) is 16.0 Å². The molecule has 0 bridgehead atoms. The van der Waals surface area contributed by atoms with Gasteiger partial charge in [-0.3, -0.25) is 14.6 Å². The van der Waals surface area contributed by atoms with Crippen LogP contribution in [0.25, 0.3) is 21.1 Å². The maximum atomic E-state index is 14.0. The molecule has 17 heteroatoms. The predicted octanol–water partition coefficient (Wildman–Crippen LogP) is 10.3. The van der Waals surface area contributed by atoms with Crippen molar-refractivity contribution in [2.75, 3.05) is 110 Å². The van der Waals surface area contributed by atoms with E-state index in [2.05, 4.69) is 187 Å². The molecule has 6 heterocycles. The Morgan fingerprint density at radius 3 is 1.29 bits per heavy atom. The molecule has 4 aromatic heterocycles. The van der Waals surface area contributed by atoms with Crippen LogP contribution in [0.4, 0.5) is 44.9 Å². The summed E-state index contributed by atoms with van der Waals surface area (Å²) in [4.78, 5) is 58.6. The molecule has 4 aromatic carbocycles. The third-order valence-corrected chi connectivity index (χ3v) is 17.3. The summed E-state index contributed by atoms with van der Waals surface area (Å²) in [5.41, 5.74) is 10.4. The Bertz CT molecular complexity index is 2940. The van der Waals surface area contributed by atoms with Crippen molar-refractivity contribution in [3.8, 4) is 21.1 Å². The summed E-state index contributed by atoms with van der Waals surface area (Å²) in [7, 11) is 4.19. The minimum atomic E-state index is -0.150. The Morgan fingerprint density at radius 1 is 0.526 bits per heavy atom. The van der Waals surface area contributed by atoms with E-state index in [4.69, 9.17) is 19.9 Å². The molecule has 2 fully saturated rings. The lowest BCUT2D eigenvalue weighted by Crippen LogP contribution is -2.57. The molecule has 0 spiro atoms. The van der Waals surface area contributed by atoms with Gasteiger partial charge in [-0.25, -0.2) is 29.9 Å². The van der Waals surface area contributed by atoms with Crippen LogP contribution >= 0.6 is 22.7 Å². The number of nitrogens with one attached hydrogen (secondary N) is 2. The van der Waals surface area contributed by atoms with Crippen LogP contribution in [0.15, 0.2) is 134 Å². The zero-order valence-electron chi connectivity index (χ0n) is 44.4. The number of anilines is 8. The first-order valence-corrected chi connectivity index (χ1v) is 28.0. The minimum Gasteiger partial charge on any atom is -0.369 e. The average Bonchev–Trinajstić information content (AvgIpc) is 4.07. The van der Waals surface area contributed by atoms with Crippen LogP contribution in [0.5, 0.6) is 0 Å². The molecule has 2 aliphatic heterocycles. The number of aromatic nitrogens is 6. The topological polar surface area (TPSA) is 138 Å². The number of piperazine rings is 2. The number of hydrogen-bond donors (Lipinski definition) is 2. The SMILES string of the molecule is Cc1nc(N(C)CCc2ccccc2)sc1-c1ccnc(Nc2ccc(N3CCN(C(C)C(=O)C(C)N4CCN(c5ccc(Nc6nccc(-c7sc(N(C)CCc8ccccc8)nc7C)n6)cc5)CC4)CC3)cc2)n1. The highest BCUT2D eigenvalue weighted by molar-refractivity contribution is 7.19. The molecule has 392 valence electrons. The molecule has 0 saturated carbocycles. The molecule has 2 aliphatic rings. The van der Waals surface area contributed by atoms with Gasteiger partial charge in [-0.05, 0) is 112 Å². The van der Waals surface area contributed by atoms with Crippen LogP contribution in [-0.2, 0) is 17.6 Å². The van der Waals surface area contributed by atoms with Gasteiger partial charge >= 0.3 is 0 Å². The van der Waals surface area contributed by atoms with Crippen molar-refractivity contribution in [3.05, 3.63) is 156 Å². The normalized spacial score (nSPS) is 15.1. The highest BCUT2D eigenvalue weighted by Gasteiger charge is 2.33. The predicted molar refractivity (Wildman–Crippen MR) is 314 cm³/mol. The first-order chi connectivity index (χ1) is 37.0. The number of benzene rings is 4. The largest absolute Gasteiger partial charge is 0.369 e. The van der Waals surface area contributed by atoms with E-state index in [1.54, 1.807) is 35.1 Å². The number of ketones is 1. The standard InChI is InChI=1S/C59H68N14OS2/c1-41-54(75-58(62-41)68(5)31-27-45-13-9-7-10-14-45)51-25-29-60-56(66-51)64-47-17-21-49(22-18-47)72-37-33-70(34-38-72)43(3)53(74)44(4)71-35-39-73(40-36-71)50-23-19-48(20-24-50)65-57-61-30-26-52(67-57)55-42(2)63-59(76-55)69(6)32-28-46-15-11-8-12-16-46/h7-26,29-30,43-44H,27-28,31-40H2,1-6H3,(H,60,64,66)(H,61,65,67). The molecule has 15 nitrogen and oxygen atoms in total. The lowest BCUT2D eigenvalue weighted by Gasteiger charge is -2.42. The molecule has 2 atom stereocenters. The van der Waals surface area contributed by atoms with Gasteiger partial charge < -0.3 is 30.2 Å². The molecule has 8 aromatic rings. The Morgan fingerprint density at radius 2 is 0.908 bits per heavy atom. The van der Waals surface area contributed by atoms with Crippen molar-refractivity contribution >= 4 is 73.4 Å². The molecule has 0 aliphatic carbocycles. The fraction of sp³-hybridized carbons (Fsp3) is 0.339. The van der Waals surface area contributed by atoms with Crippen molar-refractivity contribution < 1.29 is 4.79 Å². The van der Waals surface area contributed by atoms with Gasteiger partial charge in [-0.1, -0.05) is 83.3 Å². The van der Waals surface area contributed by atoms with Crippen molar-refractivity contribution in [2.45, 2.75) is 52.6 Å². The van der Waals surface area contributed by atoms with Gasteiger partial charge in [-0.2, -0.15) is 0 Å². The third-order valence-electron chi connectivity index (χ3n) is 14.7. The number of aryl methyl sites for hydroxylation is 2. The molecule has 0 radical (unpaired) electrons. The zero-order valence-corrected chi connectivity index (χ0v) is 46.1. The molecule has 76 heavy (non-hydrogen) atoms. The summed E-state index contributed by atoms with van der Waals surface area (Å²) in [6, 6.07) is 41.6. The van der Waals surface area contributed by atoms with E-state index >= 15 is 0 Å². The van der Waals surface area contributed by atoms with E-state index in [1.165, 1.54) is 11.1 Å². The monoisotopic (exact) mass is 1050 g/mol. The Kier molecular flexibility index (Phi) is 16.6. The smallest absolute Gasteiger partial charge is 0.227 e. The maximum absolute atomic E-state index is 14.0. The van der Waals surface area contributed by atoms with Crippen molar-refractivity contribution in [1.29, 1.82) is 0 Å². The van der Waals surface area contributed by atoms with Gasteiger partial charge in [0.2, 0.25) is 11.9 Å². The number of Topliss-reactive ketones (excluding diaryl/α,β-unsaturated/α-hetero) is 1. The second kappa shape index (κ2) is 24.1. The van der Waals surface area contributed by atoms with Crippen LogP contribution in [0.2, 0.25) is 0 Å². The highest BCUT2D eigenvalue weighted by Crippen LogP contribution is 2.36. The van der Waals surface area contributed by atoms with E-state index in [0.717, 1.165) is 144 Å². The summed E-state index contributed by atoms with van der Waals surface area (Å²) in [6.07, 6.45) is 5.52. The molecular weight excluding hydrogens is 985 g/mol. The maximum Gasteiger partial charge on any atom is 0.227 e. The van der Waals surface area contributed by atoms with E-state index in [9.17, 15) is 4.79 Å². The molecule has 0 amide bonds. The van der Waals surface area contributed by atoms with Crippen LogP contribution in [0.3, 0.4) is 0 Å². The number of rotatable bonds is 20. The Balaban J connectivity index is 0.656. The third kappa shape index (κ3) is 12.7. The first kappa shape index (κ1) is 52.1. The summed E-state index contributed by atoms with van der Waals surface area (Å²) in [5, 5.41) is 8.78. The number of nitrogens with zero attached hydrogens (tertiary/aromatic N) is 12. The number of carbonyl (C=O) groups excluding carboxylic acids is 1. The fourth-order valence-electron chi connectivity index (χ4n) is 9.94. The molecule has 2 unspecified atom stereocenters. The second-order valence-electron chi connectivity index (χ2n) is 19.8. The summed E-state index contributed by atoms with van der Waals surface area (Å²) < 4.78 is 0. The summed E-state index contributed by atoms with van der Waals surface area (Å²) >= 11 is 3.32. The minimum absolute atomic E-state index is 0.150. The van der Waals surface area contributed by atoms with Gasteiger partial charge in [0.25, 0.3) is 0 Å². The molecule has 2 saturated heterocycles. The molecule has 2 N–H and O–H groups in total. The van der Waals surface area contributed by atoms with E-state index in [1.807, 2.05) is 26.0 Å². The quantitative estimate of drug-likeness (QED) is 0.0748. The molecule has 10 rings (SSSR count). The van der Waals surface area contributed by atoms with Gasteiger partial charge in [0.05, 0.1) is 44.6 Å². The van der Waals surface area contributed by atoms with Crippen LogP contribution in [-0.4, -0.2) is 137 Å². The van der Waals surface area contributed by atoms with E-state index in [0.29, 0.717) is 17.7 Å². The fourth-order valence-corrected chi connectivity index (χ4v) is 12.0. The highest BCUT2D eigenvalue weighted by atomic mass is 32.1. The van der Waals surface area contributed by atoms with Crippen LogP contribution in [0, 0.1) is 13.8 Å². The Hall–Kier alpha value is -7.31. The second-order valence-corrected chi connectivity index (χ2v) is 21.8. The first-order valence-electron chi connectivity index (χ1n) is 26.4. The van der Waals surface area contributed by atoms with Crippen molar-refractivity contribution in [1.82, 2.24) is 39.7 Å². The average molecular weight is 1050 g/mol. The number of thiazole rings is 2. The lowest BCUT2D eigenvalue weighted by atomic mass is 10.0. The zero-order chi connectivity index (χ0) is 52.5. The number of carbonyl (C=O) groups is 1. The van der Waals surface area contributed by atoms with Gasteiger partial charge in [0.1, 0.15) is 0 Å². The number of hydrogen-bond acceptors (Lipinski definition) is 17. The Labute approximate surface area is 455 Å². The van der Waals surface area contributed by atoms with Crippen molar-refractivity contribution in [2.24, 2.45) is 0 Å². The van der Waals surface area contributed by atoms with E-state index < -0.39 is 0 Å². The molecular formula is C59H68N14OS2. The van der Waals surface area contributed by atoms with Crippen LogP contribution in [0.1, 0.15) is 36.4 Å². The number of likely N-dealkylation sites (N-methyl/N-ethyl adjacent to an activating group) is 2. The summed E-state index contributed by atoms with van der Waals surface area (Å²) in [6.45, 7) is 16.8.